The number of aromatic nitrogens is 2. The van der Waals surface area contributed by atoms with Gasteiger partial charge in [0.1, 0.15) is 0 Å². The van der Waals surface area contributed by atoms with Gasteiger partial charge in [0.05, 0.1) is 24.1 Å². The molecule has 2 aromatic heterocycles. The highest BCUT2D eigenvalue weighted by Gasteiger charge is 2.07. The van der Waals surface area contributed by atoms with Gasteiger partial charge < -0.3 is 10.1 Å². The van der Waals surface area contributed by atoms with E-state index in [1.54, 1.807) is 31.6 Å². The zero-order valence-electron chi connectivity index (χ0n) is 14.0. The fraction of sp³-hybridized carbons (Fsp3) is 0.150. The molecule has 2 heterocycles. The first kappa shape index (κ1) is 16.6. The molecule has 0 atom stereocenters. The van der Waals surface area contributed by atoms with Crippen LogP contribution in [0.5, 0.6) is 0 Å². The maximum Gasteiger partial charge on any atom is 0.339 e. The Kier molecular flexibility index (Phi) is 5.36. The number of pyridine rings is 2. The molecule has 25 heavy (non-hydrogen) atoms. The Hall–Kier alpha value is -3.21. The summed E-state index contributed by atoms with van der Waals surface area (Å²) in [6.45, 7) is 2.12. The van der Waals surface area contributed by atoms with E-state index in [2.05, 4.69) is 27.4 Å². The number of ether oxygens (including phenoxy) is 1. The average molecular weight is 333 g/mol. The average Bonchev–Trinajstić information content (AvgIpc) is 2.65. The van der Waals surface area contributed by atoms with E-state index < -0.39 is 0 Å². The van der Waals surface area contributed by atoms with Gasteiger partial charge in [0.15, 0.2) is 0 Å². The van der Waals surface area contributed by atoms with Crippen molar-refractivity contribution in [1.82, 2.24) is 9.97 Å². The minimum atomic E-state index is -0.369. The Labute approximate surface area is 146 Å². The minimum absolute atomic E-state index is 0.343. The van der Waals surface area contributed by atoms with Crippen molar-refractivity contribution in [3.05, 3.63) is 83.9 Å². The molecule has 1 N–H and O–H groups in total. The van der Waals surface area contributed by atoms with E-state index in [4.69, 9.17) is 4.74 Å². The summed E-state index contributed by atoms with van der Waals surface area (Å²) < 4.78 is 4.99. The molecule has 0 aliphatic carbocycles. The van der Waals surface area contributed by atoms with Crippen molar-refractivity contribution in [2.75, 3.05) is 11.9 Å². The predicted octanol–water partition coefficient (Wildman–Crippen LogP) is 3.99. The number of esters is 1. The Morgan fingerprint density at radius 3 is 2.40 bits per heavy atom. The quantitative estimate of drug-likeness (QED) is 0.691. The third-order valence-electron chi connectivity index (χ3n) is 3.65. The number of carbonyl (C=O) groups is 1. The van der Waals surface area contributed by atoms with Gasteiger partial charge in [-0.15, -0.1) is 0 Å². The molecule has 0 amide bonds. The molecular weight excluding hydrogens is 314 g/mol. The standard InChI is InChI=1S/C20H19N3O2/c1-2-25-20(24)17-12-19(14-22-13-17)23-18-5-3-15(4-6-18)11-16-7-9-21-10-8-16/h3-10,12-14,23H,2,11H2,1H3. The van der Waals surface area contributed by atoms with E-state index in [1.165, 1.54) is 17.3 Å². The minimum Gasteiger partial charge on any atom is -0.462 e. The fourth-order valence-corrected chi connectivity index (χ4v) is 2.44. The van der Waals surface area contributed by atoms with E-state index in [9.17, 15) is 4.79 Å². The molecular formula is C20H19N3O2. The molecule has 0 aliphatic rings. The largest absolute Gasteiger partial charge is 0.462 e. The number of anilines is 2. The predicted molar refractivity (Wildman–Crippen MR) is 97.0 cm³/mol. The lowest BCUT2D eigenvalue weighted by molar-refractivity contribution is 0.0526. The molecule has 3 aromatic rings. The van der Waals surface area contributed by atoms with Gasteiger partial charge in [-0.1, -0.05) is 12.1 Å². The second kappa shape index (κ2) is 8.06. The maximum absolute atomic E-state index is 11.8. The monoisotopic (exact) mass is 333 g/mol. The zero-order chi connectivity index (χ0) is 17.5. The molecule has 0 saturated carbocycles. The lowest BCUT2D eigenvalue weighted by atomic mass is 10.1. The van der Waals surface area contributed by atoms with Crippen LogP contribution in [-0.4, -0.2) is 22.5 Å². The summed E-state index contributed by atoms with van der Waals surface area (Å²) >= 11 is 0. The van der Waals surface area contributed by atoms with Crippen molar-refractivity contribution >= 4 is 17.3 Å². The lowest BCUT2D eigenvalue weighted by Crippen LogP contribution is -2.05. The van der Waals surface area contributed by atoms with Gasteiger partial charge in [-0.25, -0.2) is 4.79 Å². The maximum atomic E-state index is 11.8. The van der Waals surface area contributed by atoms with Crippen LogP contribution in [0.3, 0.4) is 0 Å². The third kappa shape index (κ3) is 4.64. The molecule has 3 rings (SSSR count). The summed E-state index contributed by atoms with van der Waals surface area (Å²) in [6, 6.07) is 13.9. The van der Waals surface area contributed by atoms with Crippen LogP contribution >= 0.6 is 0 Å². The van der Waals surface area contributed by atoms with Crippen LogP contribution in [0.25, 0.3) is 0 Å². The first-order chi connectivity index (χ1) is 12.2. The SMILES string of the molecule is CCOC(=O)c1cncc(Nc2ccc(Cc3ccncc3)cc2)c1. The highest BCUT2D eigenvalue weighted by Crippen LogP contribution is 2.19. The third-order valence-corrected chi connectivity index (χ3v) is 3.65. The van der Waals surface area contributed by atoms with Gasteiger partial charge in [0, 0.05) is 24.3 Å². The summed E-state index contributed by atoms with van der Waals surface area (Å²) in [7, 11) is 0. The van der Waals surface area contributed by atoms with Crippen LogP contribution in [0.15, 0.2) is 67.3 Å². The van der Waals surface area contributed by atoms with Crippen molar-refractivity contribution in [2.45, 2.75) is 13.3 Å². The number of nitrogens with one attached hydrogen (secondary N) is 1. The molecule has 0 saturated heterocycles. The number of hydrogen-bond acceptors (Lipinski definition) is 5. The highest BCUT2D eigenvalue weighted by molar-refractivity contribution is 5.90. The number of carbonyl (C=O) groups excluding carboxylic acids is 1. The fourth-order valence-electron chi connectivity index (χ4n) is 2.44. The van der Waals surface area contributed by atoms with Gasteiger partial charge >= 0.3 is 5.97 Å². The lowest BCUT2D eigenvalue weighted by Gasteiger charge is -2.09. The van der Waals surface area contributed by atoms with Gasteiger partial charge in [-0.2, -0.15) is 0 Å². The van der Waals surface area contributed by atoms with Crippen LogP contribution in [0.4, 0.5) is 11.4 Å². The summed E-state index contributed by atoms with van der Waals surface area (Å²) in [5.74, 6) is -0.369. The summed E-state index contributed by atoms with van der Waals surface area (Å²) in [6.07, 6.45) is 7.64. The van der Waals surface area contributed by atoms with Crippen LogP contribution in [0.1, 0.15) is 28.4 Å². The van der Waals surface area contributed by atoms with Gasteiger partial charge in [-0.3, -0.25) is 9.97 Å². The van der Waals surface area contributed by atoms with Crippen LogP contribution in [0.2, 0.25) is 0 Å². The number of hydrogen-bond donors (Lipinski definition) is 1. The van der Waals surface area contributed by atoms with Crippen molar-refractivity contribution in [3.63, 3.8) is 0 Å². The van der Waals surface area contributed by atoms with Crippen molar-refractivity contribution in [1.29, 1.82) is 0 Å². The van der Waals surface area contributed by atoms with E-state index in [0.717, 1.165) is 17.8 Å². The number of nitrogens with zero attached hydrogens (tertiary/aromatic N) is 2. The van der Waals surface area contributed by atoms with Crippen LogP contribution in [-0.2, 0) is 11.2 Å². The second-order valence-electron chi connectivity index (χ2n) is 5.54. The van der Waals surface area contributed by atoms with E-state index in [0.29, 0.717) is 12.2 Å². The van der Waals surface area contributed by atoms with E-state index in [-0.39, 0.29) is 5.97 Å². The van der Waals surface area contributed by atoms with Gasteiger partial charge in [0.2, 0.25) is 0 Å². The normalized spacial score (nSPS) is 10.3. The van der Waals surface area contributed by atoms with Gasteiger partial charge in [-0.05, 0) is 54.8 Å². The molecule has 0 unspecified atom stereocenters. The molecule has 0 bridgehead atoms. The Morgan fingerprint density at radius 2 is 1.68 bits per heavy atom. The van der Waals surface area contributed by atoms with Crippen molar-refractivity contribution < 1.29 is 9.53 Å². The van der Waals surface area contributed by atoms with Crippen LogP contribution in [0, 0.1) is 0 Å². The topological polar surface area (TPSA) is 64.1 Å². The van der Waals surface area contributed by atoms with Crippen molar-refractivity contribution in [3.8, 4) is 0 Å². The number of rotatable bonds is 6. The molecule has 0 fully saturated rings. The van der Waals surface area contributed by atoms with Crippen molar-refractivity contribution in [2.24, 2.45) is 0 Å². The van der Waals surface area contributed by atoms with E-state index in [1.807, 2.05) is 24.3 Å². The molecule has 0 radical (unpaired) electrons. The first-order valence-electron chi connectivity index (χ1n) is 8.11. The molecule has 0 aliphatic heterocycles. The Balaban J connectivity index is 1.67. The van der Waals surface area contributed by atoms with E-state index >= 15 is 0 Å². The Bertz CT molecular complexity index is 833. The molecule has 126 valence electrons. The number of benzene rings is 1. The zero-order valence-corrected chi connectivity index (χ0v) is 14.0. The molecule has 5 nitrogen and oxygen atoms in total. The first-order valence-corrected chi connectivity index (χ1v) is 8.11. The summed E-state index contributed by atoms with van der Waals surface area (Å²) in [5.41, 5.74) is 4.55. The summed E-state index contributed by atoms with van der Waals surface area (Å²) in [5, 5.41) is 3.25. The van der Waals surface area contributed by atoms with Crippen LogP contribution < -0.4 is 5.32 Å². The molecule has 0 spiro atoms. The molecule has 1 aromatic carbocycles. The summed E-state index contributed by atoms with van der Waals surface area (Å²) in [4.78, 5) is 19.9. The smallest absolute Gasteiger partial charge is 0.339 e. The van der Waals surface area contributed by atoms with Gasteiger partial charge in [0.25, 0.3) is 0 Å². The molecule has 5 heteroatoms. The Morgan fingerprint density at radius 1 is 0.960 bits per heavy atom. The highest BCUT2D eigenvalue weighted by atomic mass is 16.5. The second-order valence-corrected chi connectivity index (χ2v) is 5.54.